The lowest BCUT2D eigenvalue weighted by atomic mass is 10.0. The molecule has 1 saturated heterocycles. The number of ketones is 1. The maximum absolute atomic E-state index is 11.5. The zero-order valence-electron chi connectivity index (χ0n) is 9.97. The predicted molar refractivity (Wildman–Crippen MR) is 62.8 cm³/mol. The molecule has 2 rings (SSSR count). The van der Waals surface area contributed by atoms with Gasteiger partial charge in [0.1, 0.15) is 6.61 Å². The second-order valence-corrected chi connectivity index (χ2v) is 4.21. The number of amides is 1. The molecular formula is C13H15NO3. The van der Waals surface area contributed by atoms with Crippen LogP contribution in [0.15, 0.2) is 24.3 Å². The first-order valence-corrected chi connectivity index (χ1v) is 5.54. The molecule has 1 heterocycles. The van der Waals surface area contributed by atoms with Gasteiger partial charge in [-0.05, 0) is 12.5 Å². The van der Waals surface area contributed by atoms with Gasteiger partial charge in [0.05, 0.1) is 12.6 Å². The van der Waals surface area contributed by atoms with Gasteiger partial charge in [0, 0.05) is 12.6 Å². The highest BCUT2D eigenvalue weighted by molar-refractivity contribution is 5.94. The molecular weight excluding hydrogens is 218 g/mol. The topological polar surface area (TPSA) is 46.6 Å². The molecule has 1 unspecified atom stereocenters. The Balaban J connectivity index is 2.22. The van der Waals surface area contributed by atoms with Crippen molar-refractivity contribution in [3.8, 4) is 0 Å². The van der Waals surface area contributed by atoms with E-state index >= 15 is 0 Å². The van der Waals surface area contributed by atoms with Crippen molar-refractivity contribution < 1.29 is 14.3 Å². The average Bonchev–Trinajstić information content (AvgIpc) is 2.33. The van der Waals surface area contributed by atoms with Gasteiger partial charge in [-0.15, -0.1) is 0 Å². The molecule has 1 fully saturated rings. The highest BCUT2D eigenvalue weighted by Crippen LogP contribution is 2.23. The van der Waals surface area contributed by atoms with Gasteiger partial charge in [-0.2, -0.15) is 0 Å². The number of nitrogens with zero attached hydrogens (tertiary/aromatic N) is 1. The standard InChI is InChI=1S/C13H15NO3/c1-9(15)10-3-5-11(6-4-10)12-7-17-8-13(16)14(12)2/h3-6,12H,7-8H2,1-2H3. The highest BCUT2D eigenvalue weighted by Gasteiger charge is 2.26. The molecule has 90 valence electrons. The van der Waals surface area contributed by atoms with Crippen molar-refractivity contribution in [2.75, 3.05) is 20.3 Å². The molecule has 0 saturated carbocycles. The number of benzene rings is 1. The van der Waals surface area contributed by atoms with Crippen LogP contribution in [0.25, 0.3) is 0 Å². The van der Waals surface area contributed by atoms with E-state index in [0.29, 0.717) is 12.2 Å². The number of carbonyl (C=O) groups excluding carboxylic acids is 2. The minimum atomic E-state index is -0.0581. The van der Waals surface area contributed by atoms with Crippen LogP contribution in [-0.2, 0) is 9.53 Å². The lowest BCUT2D eigenvalue weighted by Crippen LogP contribution is -2.41. The monoisotopic (exact) mass is 233 g/mol. The molecule has 4 heteroatoms. The number of hydrogen-bond acceptors (Lipinski definition) is 3. The normalized spacial score (nSPS) is 20.5. The van der Waals surface area contributed by atoms with Crippen LogP contribution >= 0.6 is 0 Å². The van der Waals surface area contributed by atoms with Gasteiger partial charge in [0.25, 0.3) is 0 Å². The molecule has 1 aliphatic heterocycles. The molecule has 1 amide bonds. The number of morpholine rings is 1. The molecule has 1 aromatic rings. The first kappa shape index (κ1) is 11.8. The number of likely N-dealkylation sites (N-methyl/N-ethyl adjacent to an activating group) is 1. The van der Waals surface area contributed by atoms with Crippen LogP contribution < -0.4 is 0 Å². The van der Waals surface area contributed by atoms with Gasteiger partial charge in [-0.3, -0.25) is 9.59 Å². The van der Waals surface area contributed by atoms with Gasteiger partial charge in [0.2, 0.25) is 5.91 Å². The van der Waals surface area contributed by atoms with Gasteiger partial charge in [0.15, 0.2) is 5.78 Å². The van der Waals surface area contributed by atoms with Crippen molar-refractivity contribution in [3.63, 3.8) is 0 Å². The third-order valence-electron chi connectivity index (χ3n) is 3.06. The van der Waals surface area contributed by atoms with Crippen LogP contribution in [0.1, 0.15) is 28.9 Å². The third-order valence-corrected chi connectivity index (χ3v) is 3.06. The lowest BCUT2D eigenvalue weighted by molar-refractivity contribution is -0.146. The van der Waals surface area contributed by atoms with Crippen LogP contribution in [0, 0.1) is 0 Å². The summed E-state index contributed by atoms with van der Waals surface area (Å²) in [5.74, 6) is 0.0257. The van der Waals surface area contributed by atoms with Gasteiger partial charge >= 0.3 is 0 Å². The number of ether oxygens (including phenoxy) is 1. The minimum absolute atomic E-state index is 0.0168. The summed E-state index contributed by atoms with van der Waals surface area (Å²) in [5.41, 5.74) is 1.67. The predicted octanol–water partition coefficient (Wildman–Crippen LogP) is 1.42. The average molecular weight is 233 g/mol. The summed E-state index contributed by atoms with van der Waals surface area (Å²) in [6, 6.07) is 7.26. The molecule has 1 aromatic carbocycles. The van der Waals surface area contributed by atoms with Crippen LogP contribution in [0.3, 0.4) is 0 Å². The second kappa shape index (κ2) is 4.67. The zero-order chi connectivity index (χ0) is 12.4. The Morgan fingerprint density at radius 1 is 1.35 bits per heavy atom. The smallest absolute Gasteiger partial charge is 0.248 e. The second-order valence-electron chi connectivity index (χ2n) is 4.21. The Labute approximate surface area is 100 Å². The molecule has 1 aliphatic rings. The summed E-state index contributed by atoms with van der Waals surface area (Å²) < 4.78 is 5.24. The highest BCUT2D eigenvalue weighted by atomic mass is 16.5. The SMILES string of the molecule is CC(=O)c1ccc(C2COCC(=O)N2C)cc1. The molecule has 0 bridgehead atoms. The van der Waals surface area contributed by atoms with E-state index < -0.39 is 0 Å². The van der Waals surface area contributed by atoms with E-state index in [9.17, 15) is 9.59 Å². The molecule has 0 aromatic heterocycles. The molecule has 0 radical (unpaired) electrons. The van der Waals surface area contributed by atoms with E-state index in [1.807, 2.05) is 12.1 Å². The maximum atomic E-state index is 11.5. The maximum Gasteiger partial charge on any atom is 0.248 e. The Morgan fingerprint density at radius 2 is 2.00 bits per heavy atom. The number of hydrogen-bond donors (Lipinski definition) is 0. The first-order chi connectivity index (χ1) is 8.09. The number of Topliss-reactive ketones (excluding diaryl/α,β-unsaturated/α-hetero) is 1. The van der Waals surface area contributed by atoms with E-state index in [0.717, 1.165) is 5.56 Å². The fourth-order valence-corrected chi connectivity index (χ4v) is 1.91. The summed E-state index contributed by atoms with van der Waals surface area (Å²) >= 11 is 0. The Morgan fingerprint density at radius 3 is 2.59 bits per heavy atom. The molecule has 4 nitrogen and oxygen atoms in total. The van der Waals surface area contributed by atoms with E-state index in [1.165, 1.54) is 6.92 Å². The summed E-state index contributed by atoms with van der Waals surface area (Å²) in [4.78, 5) is 24.3. The summed E-state index contributed by atoms with van der Waals surface area (Å²) in [6.45, 7) is 2.19. The number of carbonyl (C=O) groups is 2. The van der Waals surface area contributed by atoms with Crippen molar-refractivity contribution in [1.29, 1.82) is 0 Å². The van der Waals surface area contributed by atoms with E-state index in [1.54, 1.807) is 24.1 Å². The van der Waals surface area contributed by atoms with Crippen LogP contribution in [0.2, 0.25) is 0 Å². The van der Waals surface area contributed by atoms with Crippen LogP contribution in [-0.4, -0.2) is 36.9 Å². The van der Waals surface area contributed by atoms with Crippen LogP contribution in [0.4, 0.5) is 0 Å². The van der Waals surface area contributed by atoms with Crippen molar-refractivity contribution in [1.82, 2.24) is 4.90 Å². The summed E-state index contributed by atoms with van der Waals surface area (Å²) in [7, 11) is 1.77. The van der Waals surface area contributed by atoms with Crippen LogP contribution in [0.5, 0.6) is 0 Å². The van der Waals surface area contributed by atoms with Gasteiger partial charge < -0.3 is 9.64 Å². The first-order valence-electron chi connectivity index (χ1n) is 5.54. The molecule has 17 heavy (non-hydrogen) atoms. The van der Waals surface area contributed by atoms with Crippen molar-refractivity contribution in [2.24, 2.45) is 0 Å². The van der Waals surface area contributed by atoms with E-state index in [2.05, 4.69) is 0 Å². The van der Waals surface area contributed by atoms with E-state index in [-0.39, 0.29) is 24.3 Å². The van der Waals surface area contributed by atoms with Crippen molar-refractivity contribution >= 4 is 11.7 Å². The van der Waals surface area contributed by atoms with E-state index in [4.69, 9.17) is 4.74 Å². The minimum Gasteiger partial charge on any atom is -0.369 e. The molecule has 0 aliphatic carbocycles. The summed E-state index contributed by atoms with van der Waals surface area (Å²) in [6.07, 6.45) is 0. The van der Waals surface area contributed by atoms with Gasteiger partial charge in [-0.1, -0.05) is 24.3 Å². The summed E-state index contributed by atoms with van der Waals surface area (Å²) in [5, 5.41) is 0. The fourth-order valence-electron chi connectivity index (χ4n) is 1.91. The Kier molecular flexibility index (Phi) is 3.24. The Bertz CT molecular complexity index is 438. The molecule has 0 spiro atoms. The van der Waals surface area contributed by atoms with Gasteiger partial charge in [-0.25, -0.2) is 0 Å². The van der Waals surface area contributed by atoms with Crippen molar-refractivity contribution in [2.45, 2.75) is 13.0 Å². The third kappa shape index (κ3) is 2.36. The zero-order valence-corrected chi connectivity index (χ0v) is 9.97. The quantitative estimate of drug-likeness (QED) is 0.726. The fraction of sp³-hybridized carbons (Fsp3) is 0.385. The lowest BCUT2D eigenvalue weighted by Gasteiger charge is -2.32. The molecule has 1 atom stereocenters. The molecule has 0 N–H and O–H groups in total. The van der Waals surface area contributed by atoms with Crippen molar-refractivity contribution in [3.05, 3.63) is 35.4 Å². The number of rotatable bonds is 2. The largest absolute Gasteiger partial charge is 0.369 e. The Hall–Kier alpha value is -1.68.